The molecular weight excluding hydrogens is 212 g/mol. The summed E-state index contributed by atoms with van der Waals surface area (Å²) in [6.07, 6.45) is 5.17. The Labute approximate surface area is 107 Å². The fourth-order valence-electron chi connectivity index (χ4n) is 2.43. The summed E-state index contributed by atoms with van der Waals surface area (Å²) in [5.74, 6) is 0.907. The molecule has 0 saturated carbocycles. The Morgan fingerprint density at radius 3 is 2.65 bits per heavy atom. The minimum Gasteiger partial charge on any atom is -0.382 e. The highest BCUT2D eigenvalue weighted by atomic mass is 16.5. The first-order valence-corrected chi connectivity index (χ1v) is 7.37. The molecule has 0 aliphatic carbocycles. The molecule has 1 aliphatic rings. The zero-order chi connectivity index (χ0) is 12.3. The Morgan fingerprint density at radius 1 is 1.24 bits per heavy atom. The van der Waals surface area contributed by atoms with Crippen molar-refractivity contribution in [1.29, 1.82) is 0 Å². The van der Waals surface area contributed by atoms with E-state index in [2.05, 4.69) is 24.1 Å². The molecule has 3 heteroatoms. The zero-order valence-electron chi connectivity index (χ0n) is 11.7. The number of piperidine rings is 1. The van der Waals surface area contributed by atoms with Crippen LogP contribution in [-0.2, 0) is 4.74 Å². The van der Waals surface area contributed by atoms with E-state index in [1.165, 1.54) is 58.4 Å². The molecule has 0 aromatic rings. The van der Waals surface area contributed by atoms with Gasteiger partial charge in [0.05, 0.1) is 0 Å². The third-order valence-electron chi connectivity index (χ3n) is 3.53. The summed E-state index contributed by atoms with van der Waals surface area (Å²) >= 11 is 0. The number of hydrogen-bond donors (Lipinski definition) is 1. The molecule has 0 aromatic carbocycles. The van der Waals surface area contributed by atoms with Crippen LogP contribution < -0.4 is 5.32 Å². The minimum absolute atomic E-state index is 0.852. The average Bonchev–Trinajstić information content (AvgIpc) is 2.37. The molecule has 1 N–H and O–H groups in total. The van der Waals surface area contributed by atoms with Gasteiger partial charge in [0.25, 0.3) is 0 Å². The van der Waals surface area contributed by atoms with Gasteiger partial charge in [-0.1, -0.05) is 6.92 Å². The van der Waals surface area contributed by atoms with Crippen molar-refractivity contribution in [3.05, 3.63) is 0 Å². The van der Waals surface area contributed by atoms with Gasteiger partial charge in [0.1, 0.15) is 0 Å². The molecule has 1 fully saturated rings. The van der Waals surface area contributed by atoms with Gasteiger partial charge in [-0.25, -0.2) is 0 Å². The minimum atomic E-state index is 0.852. The average molecular weight is 242 g/mol. The van der Waals surface area contributed by atoms with E-state index in [1.807, 2.05) is 0 Å². The van der Waals surface area contributed by atoms with Crippen LogP contribution >= 0.6 is 0 Å². The van der Waals surface area contributed by atoms with E-state index in [4.69, 9.17) is 4.74 Å². The molecule has 0 radical (unpaired) electrons. The second-order valence-corrected chi connectivity index (χ2v) is 5.04. The molecule has 1 rings (SSSR count). The second kappa shape index (κ2) is 9.86. The standard InChI is InChI=1S/C14H30N2O/c1-3-8-15-13-14-6-10-16(11-7-14)9-5-12-17-4-2/h14-15H,3-13H2,1-2H3. The quantitative estimate of drug-likeness (QED) is 0.627. The lowest BCUT2D eigenvalue weighted by atomic mass is 9.96. The van der Waals surface area contributed by atoms with Crippen LogP contribution in [0.25, 0.3) is 0 Å². The topological polar surface area (TPSA) is 24.5 Å². The molecule has 1 aliphatic heterocycles. The number of likely N-dealkylation sites (tertiary alicyclic amines) is 1. The molecule has 0 spiro atoms. The molecule has 102 valence electrons. The normalized spacial score (nSPS) is 18.7. The monoisotopic (exact) mass is 242 g/mol. The van der Waals surface area contributed by atoms with Crippen LogP contribution in [0.15, 0.2) is 0 Å². The van der Waals surface area contributed by atoms with Crippen molar-refractivity contribution in [3.8, 4) is 0 Å². The molecule has 0 bridgehead atoms. The maximum absolute atomic E-state index is 5.37. The van der Waals surface area contributed by atoms with E-state index in [0.29, 0.717) is 0 Å². The Hall–Kier alpha value is -0.120. The van der Waals surface area contributed by atoms with E-state index in [-0.39, 0.29) is 0 Å². The van der Waals surface area contributed by atoms with Crippen molar-refractivity contribution in [2.24, 2.45) is 5.92 Å². The van der Waals surface area contributed by atoms with E-state index in [1.54, 1.807) is 0 Å². The molecular formula is C14H30N2O. The van der Waals surface area contributed by atoms with E-state index >= 15 is 0 Å². The first-order valence-electron chi connectivity index (χ1n) is 7.37. The largest absolute Gasteiger partial charge is 0.382 e. The number of nitrogens with zero attached hydrogens (tertiary/aromatic N) is 1. The maximum atomic E-state index is 5.37. The van der Waals surface area contributed by atoms with Gasteiger partial charge in [0.15, 0.2) is 0 Å². The SMILES string of the molecule is CCCNCC1CCN(CCCOCC)CC1. The first-order chi connectivity index (χ1) is 8.36. The Kier molecular flexibility index (Phi) is 8.67. The van der Waals surface area contributed by atoms with Crippen molar-refractivity contribution in [2.75, 3.05) is 45.9 Å². The fraction of sp³-hybridized carbons (Fsp3) is 1.00. The summed E-state index contributed by atoms with van der Waals surface area (Å²) in [5, 5.41) is 3.54. The summed E-state index contributed by atoms with van der Waals surface area (Å²) in [7, 11) is 0. The Bertz CT molecular complexity index is 168. The van der Waals surface area contributed by atoms with Crippen LogP contribution in [0.1, 0.15) is 39.5 Å². The predicted molar refractivity (Wildman–Crippen MR) is 73.4 cm³/mol. The van der Waals surface area contributed by atoms with Gasteiger partial charge in [0, 0.05) is 19.8 Å². The van der Waals surface area contributed by atoms with Crippen molar-refractivity contribution in [1.82, 2.24) is 10.2 Å². The molecule has 1 heterocycles. The zero-order valence-corrected chi connectivity index (χ0v) is 11.7. The van der Waals surface area contributed by atoms with Crippen molar-refractivity contribution < 1.29 is 4.74 Å². The van der Waals surface area contributed by atoms with Crippen molar-refractivity contribution >= 4 is 0 Å². The van der Waals surface area contributed by atoms with Gasteiger partial charge in [-0.05, 0) is 64.7 Å². The predicted octanol–water partition coefficient (Wildman–Crippen LogP) is 2.12. The highest BCUT2D eigenvalue weighted by Gasteiger charge is 2.17. The summed E-state index contributed by atoms with van der Waals surface area (Å²) in [6, 6.07) is 0. The molecule has 0 atom stereocenters. The molecule has 0 amide bonds. The molecule has 0 aromatic heterocycles. The van der Waals surface area contributed by atoms with Crippen molar-refractivity contribution in [3.63, 3.8) is 0 Å². The number of rotatable bonds is 9. The van der Waals surface area contributed by atoms with Gasteiger partial charge in [-0.15, -0.1) is 0 Å². The molecule has 17 heavy (non-hydrogen) atoms. The van der Waals surface area contributed by atoms with Crippen LogP contribution in [0, 0.1) is 5.92 Å². The lowest BCUT2D eigenvalue weighted by Crippen LogP contribution is -2.38. The van der Waals surface area contributed by atoms with E-state index < -0.39 is 0 Å². The van der Waals surface area contributed by atoms with Crippen LogP contribution in [0.3, 0.4) is 0 Å². The second-order valence-electron chi connectivity index (χ2n) is 5.04. The number of nitrogens with one attached hydrogen (secondary N) is 1. The third-order valence-corrected chi connectivity index (χ3v) is 3.53. The van der Waals surface area contributed by atoms with Gasteiger partial charge in [0.2, 0.25) is 0 Å². The third kappa shape index (κ3) is 7.02. The van der Waals surface area contributed by atoms with Crippen LogP contribution in [0.5, 0.6) is 0 Å². The number of ether oxygens (including phenoxy) is 1. The summed E-state index contributed by atoms with van der Waals surface area (Å²) in [5.41, 5.74) is 0. The van der Waals surface area contributed by atoms with Crippen LogP contribution in [0.2, 0.25) is 0 Å². The maximum Gasteiger partial charge on any atom is 0.0478 e. The lowest BCUT2D eigenvalue weighted by molar-refractivity contribution is 0.120. The molecule has 3 nitrogen and oxygen atoms in total. The van der Waals surface area contributed by atoms with E-state index in [0.717, 1.165) is 19.1 Å². The van der Waals surface area contributed by atoms with Crippen molar-refractivity contribution in [2.45, 2.75) is 39.5 Å². The molecule has 0 unspecified atom stereocenters. The molecule has 1 saturated heterocycles. The van der Waals surface area contributed by atoms with Gasteiger partial charge >= 0.3 is 0 Å². The summed E-state index contributed by atoms with van der Waals surface area (Å²) in [4.78, 5) is 2.59. The van der Waals surface area contributed by atoms with E-state index in [9.17, 15) is 0 Å². The number of hydrogen-bond acceptors (Lipinski definition) is 3. The summed E-state index contributed by atoms with van der Waals surface area (Å²) in [6.45, 7) is 12.3. The van der Waals surface area contributed by atoms with Gasteiger partial charge in [-0.3, -0.25) is 0 Å². The highest BCUT2D eigenvalue weighted by Crippen LogP contribution is 2.16. The Balaban J connectivity index is 1.97. The highest BCUT2D eigenvalue weighted by molar-refractivity contribution is 4.73. The van der Waals surface area contributed by atoms with Gasteiger partial charge in [-0.2, -0.15) is 0 Å². The van der Waals surface area contributed by atoms with Crippen LogP contribution in [0.4, 0.5) is 0 Å². The van der Waals surface area contributed by atoms with Crippen LogP contribution in [-0.4, -0.2) is 50.8 Å². The lowest BCUT2D eigenvalue weighted by Gasteiger charge is -2.32. The Morgan fingerprint density at radius 2 is 2.00 bits per heavy atom. The summed E-state index contributed by atoms with van der Waals surface area (Å²) < 4.78 is 5.37. The fourth-order valence-corrected chi connectivity index (χ4v) is 2.43. The first kappa shape index (κ1) is 14.9. The smallest absolute Gasteiger partial charge is 0.0478 e. The van der Waals surface area contributed by atoms with Gasteiger partial charge < -0.3 is 15.0 Å².